The highest BCUT2D eigenvalue weighted by Gasteiger charge is 2.35. The van der Waals surface area contributed by atoms with Gasteiger partial charge in [0.1, 0.15) is 0 Å². The summed E-state index contributed by atoms with van der Waals surface area (Å²) < 4.78 is 0. The largest absolute Gasteiger partial charge is 0.208 e. The van der Waals surface area contributed by atoms with E-state index in [0.717, 1.165) is 33.4 Å². The van der Waals surface area contributed by atoms with E-state index in [1.807, 2.05) is 36.4 Å². The molecule has 0 saturated heterocycles. The van der Waals surface area contributed by atoms with Crippen LogP contribution >= 0.6 is 0 Å². The molecule has 0 amide bonds. The van der Waals surface area contributed by atoms with Crippen LogP contribution in [0.1, 0.15) is 25.0 Å². The van der Waals surface area contributed by atoms with E-state index < -0.39 is 0 Å². The van der Waals surface area contributed by atoms with Crippen molar-refractivity contribution in [1.29, 1.82) is 0 Å². The third kappa shape index (κ3) is 5.63. The Balaban J connectivity index is 1.05. The number of hydrogen-bond acceptors (Lipinski definition) is 3. The summed E-state index contributed by atoms with van der Waals surface area (Å²) in [6.45, 7) is 4.66. The van der Waals surface area contributed by atoms with Crippen LogP contribution in [0.25, 0.3) is 78.7 Å². The molecule has 1 aliphatic carbocycles. The van der Waals surface area contributed by atoms with Gasteiger partial charge in [-0.1, -0.05) is 178 Å². The number of nitrogens with zero attached hydrogens (tertiary/aromatic N) is 3. The summed E-state index contributed by atoms with van der Waals surface area (Å²) >= 11 is 0. The molecule has 0 bridgehead atoms. The van der Waals surface area contributed by atoms with Gasteiger partial charge < -0.3 is 0 Å². The molecule has 0 saturated carbocycles. The van der Waals surface area contributed by atoms with E-state index in [1.54, 1.807) is 0 Å². The summed E-state index contributed by atoms with van der Waals surface area (Å²) in [5.41, 5.74) is 15.3. The quantitative estimate of drug-likeness (QED) is 0.179. The minimum absolute atomic E-state index is 0.0246. The molecule has 1 heterocycles. The van der Waals surface area contributed by atoms with Gasteiger partial charge in [-0.3, -0.25) is 0 Å². The molecular weight excluding hydrogens is 619 g/mol. The summed E-state index contributed by atoms with van der Waals surface area (Å²) in [6.07, 6.45) is 0. The van der Waals surface area contributed by atoms with Crippen LogP contribution in [0.3, 0.4) is 0 Å². The van der Waals surface area contributed by atoms with Crippen molar-refractivity contribution in [3.05, 3.63) is 187 Å². The molecule has 8 aromatic rings. The van der Waals surface area contributed by atoms with Gasteiger partial charge >= 0.3 is 0 Å². The lowest BCUT2D eigenvalue weighted by Gasteiger charge is -2.22. The molecule has 0 unspecified atom stereocenters. The molecule has 1 aromatic heterocycles. The smallest absolute Gasteiger partial charge is 0.164 e. The summed E-state index contributed by atoms with van der Waals surface area (Å²) in [7, 11) is 0. The minimum Gasteiger partial charge on any atom is -0.208 e. The standard InChI is InChI=1S/C48H35N3/c1-48(2)43-19-10-9-18-41(43)42-29-28-39(31-44(42)48)35-22-20-34(21-23-35)38-16-11-17-40(30-38)47-50-45(36-14-7-4-8-15-36)49-46(51-47)37-26-24-33(25-27-37)32-12-5-3-6-13-32/h3-31H,1-2H3. The molecule has 51 heavy (non-hydrogen) atoms. The number of aromatic nitrogens is 3. The second kappa shape index (κ2) is 12.5. The zero-order chi connectivity index (χ0) is 34.4. The molecule has 0 aliphatic heterocycles. The minimum atomic E-state index is -0.0246. The van der Waals surface area contributed by atoms with Crippen molar-refractivity contribution in [1.82, 2.24) is 15.0 Å². The molecule has 242 valence electrons. The van der Waals surface area contributed by atoms with Crippen LogP contribution in [0.15, 0.2) is 176 Å². The molecule has 0 fully saturated rings. The zero-order valence-corrected chi connectivity index (χ0v) is 28.6. The molecule has 7 aromatic carbocycles. The van der Waals surface area contributed by atoms with Gasteiger partial charge in [0.05, 0.1) is 0 Å². The molecule has 1 aliphatic rings. The van der Waals surface area contributed by atoms with E-state index in [9.17, 15) is 0 Å². The van der Waals surface area contributed by atoms with Gasteiger partial charge in [-0.15, -0.1) is 0 Å². The van der Waals surface area contributed by atoms with Crippen LogP contribution in [0, 0.1) is 0 Å². The van der Waals surface area contributed by atoms with Crippen molar-refractivity contribution in [2.75, 3.05) is 0 Å². The Morgan fingerprint density at radius 1 is 0.294 bits per heavy atom. The van der Waals surface area contributed by atoms with Crippen molar-refractivity contribution in [2.45, 2.75) is 19.3 Å². The predicted octanol–water partition coefficient (Wildman–Crippen LogP) is 12.2. The highest BCUT2D eigenvalue weighted by molar-refractivity contribution is 5.84. The van der Waals surface area contributed by atoms with Gasteiger partial charge in [-0.25, -0.2) is 15.0 Å². The molecule has 9 rings (SSSR count). The number of benzene rings is 7. The predicted molar refractivity (Wildman–Crippen MR) is 210 cm³/mol. The topological polar surface area (TPSA) is 38.7 Å². The molecule has 0 spiro atoms. The van der Waals surface area contributed by atoms with Crippen molar-refractivity contribution in [3.63, 3.8) is 0 Å². The summed E-state index contributed by atoms with van der Waals surface area (Å²) in [5.74, 6) is 1.94. The highest BCUT2D eigenvalue weighted by Crippen LogP contribution is 2.49. The van der Waals surface area contributed by atoms with Crippen LogP contribution in [0.2, 0.25) is 0 Å². The Labute approximate surface area is 299 Å². The fourth-order valence-corrected chi connectivity index (χ4v) is 7.37. The maximum absolute atomic E-state index is 5.02. The molecule has 0 N–H and O–H groups in total. The van der Waals surface area contributed by atoms with Crippen LogP contribution < -0.4 is 0 Å². The SMILES string of the molecule is CC1(C)c2ccccc2-c2ccc(-c3ccc(-c4cccc(-c5nc(-c6ccccc6)nc(-c6ccc(-c7ccccc7)cc6)n5)c4)cc3)cc21. The van der Waals surface area contributed by atoms with E-state index in [1.165, 1.54) is 38.9 Å². The zero-order valence-electron chi connectivity index (χ0n) is 28.6. The third-order valence-electron chi connectivity index (χ3n) is 10.2. The Bertz CT molecular complexity index is 2520. The van der Waals surface area contributed by atoms with E-state index >= 15 is 0 Å². The number of hydrogen-bond donors (Lipinski definition) is 0. The van der Waals surface area contributed by atoms with Crippen LogP contribution in [-0.2, 0) is 5.41 Å². The van der Waals surface area contributed by atoms with E-state index in [-0.39, 0.29) is 5.41 Å². The first kappa shape index (κ1) is 30.6. The maximum Gasteiger partial charge on any atom is 0.164 e. The Hall–Kier alpha value is -6.45. The van der Waals surface area contributed by atoms with E-state index in [0.29, 0.717) is 17.5 Å². The van der Waals surface area contributed by atoms with Gasteiger partial charge in [0.2, 0.25) is 0 Å². The highest BCUT2D eigenvalue weighted by atomic mass is 15.0. The van der Waals surface area contributed by atoms with Crippen molar-refractivity contribution < 1.29 is 0 Å². The fraction of sp³-hybridized carbons (Fsp3) is 0.0625. The molecule has 0 atom stereocenters. The summed E-state index contributed by atoms with van der Waals surface area (Å²) in [4.78, 5) is 15.0. The van der Waals surface area contributed by atoms with Gasteiger partial charge in [-0.2, -0.15) is 0 Å². The van der Waals surface area contributed by atoms with E-state index in [2.05, 4.69) is 153 Å². The first-order valence-electron chi connectivity index (χ1n) is 17.4. The Morgan fingerprint density at radius 3 is 1.33 bits per heavy atom. The average Bonchev–Trinajstić information content (AvgIpc) is 3.44. The van der Waals surface area contributed by atoms with Crippen molar-refractivity contribution >= 4 is 0 Å². The van der Waals surface area contributed by atoms with E-state index in [4.69, 9.17) is 15.0 Å². The lowest BCUT2D eigenvalue weighted by molar-refractivity contribution is 0.660. The second-order valence-corrected chi connectivity index (χ2v) is 13.7. The maximum atomic E-state index is 5.02. The Morgan fingerprint density at radius 2 is 0.686 bits per heavy atom. The van der Waals surface area contributed by atoms with Gasteiger partial charge in [0.25, 0.3) is 0 Å². The summed E-state index contributed by atoms with van der Waals surface area (Å²) in [6, 6.07) is 62.0. The lowest BCUT2D eigenvalue weighted by Crippen LogP contribution is -2.14. The fourth-order valence-electron chi connectivity index (χ4n) is 7.37. The van der Waals surface area contributed by atoms with Crippen LogP contribution in [0.5, 0.6) is 0 Å². The Kier molecular flexibility index (Phi) is 7.48. The van der Waals surface area contributed by atoms with Crippen LogP contribution in [-0.4, -0.2) is 15.0 Å². The normalized spacial score (nSPS) is 12.7. The van der Waals surface area contributed by atoms with Gasteiger partial charge in [-0.05, 0) is 67.8 Å². The number of rotatable bonds is 6. The van der Waals surface area contributed by atoms with Gasteiger partial charge in [0, 0.05) is 22.1 Å². The molecule has 3 heteroatoms. The first-order chi connectivity index (χ1) is 25.0. The molecular formula is C48H35N3. The second-order valence-electron chi connectivity index (χ2n) is 13.7. The van der Waals surface area contributed by atoms with Crippen molar-refractivity contribution in [2.24, 2.45) is 0 Å². The molecule has 3 nitrogen and oxygen atoms in total. The lowest BCUT2D eigenvalue weighted by atomic mass is 9.81. The molecule has 0 radical (unpaired) electrons. The summed E-state index contributed by atoms with van der Waals surface area (Å²) in [5, 5.41) is 0. The third-order valence-corrected chi connectivity index (χ3v) is 10.2. The van der Waals surface area contributed by atoms with Crippen molar-refractivity contribution in [3.8, 4) is 78.7 Å². The first-order valence-corrected chi connectivity index (χ1v) is 17.4. The number of fused-ring (bicyclic) bond motifs is 3. The average molecular weight is 654 g/mol. The van der Waals surface area contributed by atoms with Gasteiger partial charge in [0.15, 0.2) is 17.5 Å². The van der Waals surface area contributed by atoms with Crippen LogP contribution in [0.4, 0.5) is 0 Å². The monoisotopic (exact) mass is 653 g/mol.